The van der Waals surface area contributed by atoms with Crippen LogP contribution in [0.3, 0.4) is 0 Å². The number of alkyl halides is 2. The van der Waals surface area contributed by atoms with Gasteiger partial charge in [0.15, 0.2) is 0 Å². The van der Waals surface area contributed by atoms with Crippen molar-refractivity contribution in [1.29, 1.82) is 0 Å². The number of hydrogen-bond acceptors (Lipinski definition) is 4. The van der Waals surface area contributed by atoms with Crippen LogP contribution in [0.1, 0.15) is 47.2 Å². The number of fused-ring (bicyclic) bond motifs is 3. The molecule has 1 N–H and O–H groups in total. The summed E-state index contributed by atoms with van der Waals surface area (Å²) in [5.74, 6) is 0.0741. The first kappa shape index (κ1) is 17.9. The predicted molar refractivity (Wildman–Crippen MR) is 94.8 cm³/mol. The molecule has 0 radical (unpaired) electrons. The van der Waals surface area contributed by atoms with E-state index < -0.39 is 6.61 Å². The lowest BCUT2D eigenvalue weighted by atomic mass is 10.00. The smallest absolute Gasteiger partial charge is 0.387 e. The van der Waals surface area contributed by atoms with Crippen molar-refractivity contribution in [2.45, 2.75) is 52.1 Å². The molecule has 27 heavy (non-hydrogen) atoms. The van der Waals surface area contributed by atoms with E-state index in [1.165, 1.54) is 12.1 Å². The van der Waals surface area contributed by atoms with Gasteiger partial charge in [-0.1, -0.05) is 12.1 Å². The third-order valence-corrected chi connectivity index (χ3v) is 5.33. The van der Waals surface area contributed by atoms with Crippen molar-refractivity contribution in [1.82, 2.24) is 20.0 Å². The normalized spacial score (nSPS) is 20.4. The van der Waals surface area contributed by atoms with E-state index in [1.54, 1.807) is 12.1 Å². The van der Waals surface area contributed by atoms with E-state index in [-0.39, 0.29) is 17.7 Å². The average Bonchev–Trinajstić information content (AvgIpc) is 3.00. The third-order valence-electron chi connectivity index (χ3n) is 5.33. The lowest BCUT2D eigenvalue weighted by Gasteiger charge is -2.33. The molecule has 1 unspecified atom stereocenters. The molecule has 0 saturated carbocycles. The van der Waals surface area contributed by atoms with Gasteiger partial charge < -0.3 is 15.0 Å². The van der Waals surface area contributed by atoms with Gasteiger partial charge in [0.25, 0.3) is 5.91 Å². The number of benzene rings is 1. The van der Waals surface area contributed by atoms with Crippen LogP contribution in [-0.4, -0.2) is 39.8 Å². The molecule has 2 aromatic rings. The number of rotatable bonds is 4. The molecule has 8 heteroatoms. The van der Waals surface area contributed by atoms with E-state index in [9.17, 15) is 13.6 Å². The molecule has 0 aliphatic carbocycles. The van der Waals surface area contributed by atoms with Crippen molar-refractivity contribution in [2.75, 3.05) is 6.54 Å². The Balaban J connectivity index is 1.56. The summed E-state index contributed by atoms with van der Waals surface area (Å²) in [5, 5.41) is 8.03. The zero-order chi connectivity index (χ0) is 19.1. The molecule has 1 aromatic carbocycles. The Labute approximate surface area is 156 Å². The summed E-state index contributed by atoms with van der Waals surface area (Å²) in [6, 6.07) is 6.63. The maximum atomic E-state index is 13.2. The van der Waals surface area contributed by atoms with Crippen LogP contribution in [0.2, 0.25) is 0 Å². The average molecular weight is 376 g/mol. The van der Waals surface area contributed by atoms with E-state index in [2.05, 4.69) is 22.1 Å². The fourth-order valence-electron chi connectivity index (χ4n) is 3.86. The van der Waals surface area contributed by atoms with Crippen molar-refractivity contribution in [3.05, 3.63) is 46.8 Å². The van der Waals surface area contributed by atoms with Gasteiger partial charge in [0, 0.05) is 31.1 Å². The lowest BCUT2D eigenvalue weighted by molar-refractivity contribution is -0.0498. The van der Waals surface area contributed by atoms with Gasteiger partial charge in [0.05, 0.1) is 18.3 Å². The molecule has 0 saturated heterocycles. The van der Waals surface area contributed by atoms with Crippen LogP contribution in [0.15, 0.2) is 24.3 Å². The SMILES string of the molecule is CC(c1ccc(OC(F)F)cc1)N1CCn2nc3c(c2C1=O)CN[C@H](C)C3. The second-order valence-corrected chi connectivity index (χ2v) is 7.11. The first-order valence-electron chi connectivity index (χ1n) is 9.11. The monoisotopic (exact) mass is 376 g/mol. The van der Waals surface area contributed by atoms with E-state index >= 15 is 0 Å². The van der Waals surface area contributed by atoms with E-state index in [0.717, 1.165) is 23.2 Å². The fourth-order valence-corrected chi connectivity index (χ4v) is 3.86. The second-order valence-electron chi connectivity index (χ2n) is 7.11. The van der Waals surface area contributed by atoms with Gasteiger partial charge >= 0.3 is 6.61 Å². The Hall–Kier alpha value is -2.48. The van der Waals surface area contributed by atoms with Gasteiger partial charge in [-0.15, -0.1) is 0 Å². The number of halogens is 2. The van der Waals surface area contributed by atoms with Crippen molar-refractivity contribution < 1.29 is 18.3 Å². The van der Waals surface area contributed by atoms with Crippen molar-refractivity contribution in [2.24, 2.45) is 0 Å². The largest absolute Gasteiger partial charge is 0.435 e. The first-order chi connectivity index (χ1) is 12.9. The minimum absolute atomic E-state index is 0.0354. The minimum atomic E-state index is -2.85. The number of carbonyl (C=O) groups excluding carboxylic acids is 1. The minimum Gasteiger partial charge on any atom is -0.435 e. The molecular formula is C19H22F2N4O2. The summed E-state index contributed by atoms with van der Waals surface area (Å²) >= 11 is 0. The molecule has 3 heterocycles. The molecule has 0 fully saturated rings. The molecule has 0 spiro atoms. The highest BCUT2D eigenvalue weighted by Crippen LogP contribution is 2.30. The number of ether oxygens (including phenoxy) is 1. The van der Waals surface area contributed by atoms with Gasteiger partial charge in [0.2, 0.25) is 0 Å². The Morgan fingerprint density at radius 2 is 2.00 bits per heavy atom. The topological polar surface area (TPSA) is 59.4 Å². The predicted octanol–water partition coefficient (Wildman–Crippen LogP) is 2.74. The highest BCUT2D eigenvalue weighted by atomic mass is 19.3. The zero-order valence-corrected chi connectivity index (χ0v) is 15.3. The molecule has 6 nitrogen and oxygen atoms in total. The van der Waals surface area contributed by atoms with Gasteiger partial charge in [-0.25, -0.2) is 0 Å². The highest BCUT2D eigenvalue weighted by Gasteiger charge is 2.35. The molecule has 2 aliphatic rings. The van der Waals surface area contributed by atoms with E-state index in [0.29, 0.717) is 31.4 Å². The van der Waals surface area contributed by atoms with Crippen molar-refractivity contribution >= 4 is 5.91 Å². The van der Waals surface area contributed by atoms with Gasteiger partial charge in [-0.3, -0.25) is 9.48 Å². The van der Waals surface area contributed by atoms with Gasteiger partial charge in [-0.2, -0.15) is 13.9 Å². The Morgan fingerprint density at radius 1 is 1.26 bits per heavy atom. The fraction of sp³-hybridized carbons (Fsp3) is 0.474. The molecule has 4 rings (SSSR count). The zero-order valence-electron chi connectivity index (χ0n) is 15.3. The summed E-state index contributed by atoms with van der Waals surface area (Å²) in [6.07, 6.45) is 0.823. The van der Waals surface area contributed by atoms with Crippen LogP contribution in [0.5, 0.6) is 5.75 Å². The van der Waals surface area contributed by atoms with Crippen LogP contribution < -0.4 is 10.1 Å². The van der Waals surface area contributed by atoms with E-state index in [1.807, 2.05) is 16.5 Å². The maximum Gasteiger partial charge on any atom is 0.387 e. The third kappa shape index (κ3) is 3.29. The number of aromatic nitrogens is 2. The standard InChI is InChI=1S/C19H22F2N4O2/c1-11-9-16-15(10-22-11)17-18(26)24(7-8-25(17)23-16)12(2)13-3-5-14(6-4-13)27-19(20)21/h3-6,11-12,19,22H,7-10H2,1-2H3/t11-,12?/m1/s1. The van der Waals surface area contributed by atoms with Crippen LogP contribution in [-0.2, 0) is 19.5 Å². The second kappa shape index (κ2) is 6.92. The first-order valence-corrected chi connectivity index (χ1v) is 9.11. The molecule has 144 valence electrons. The Bertz CT molecular complexity index is 850. The Kier molecular flexibility index (Phi) is 4.59. The van der Waals surface area contributed by atoms with Crippen LogP contribution in [0.4, 0.5) is 8.78 Å². The summed E-state index contributed by atoms with van der Waals surface area (Å²) in [5.41, 5.74) is 3.54. The summed E-state index contributed by atoms with van der Waals surface area (Å²) < 4.78 is 30.8. The molecule has 1 amide bonds. The quantitative estimate of drug-likeness (QED) is 0.892. The number of nitrogens with zero attached hydrogens (tertiary/aromatic N) is 3. The number of nitrogens with one attached hydrogen (secondary N) is 1. The molecule has 2 atom stereocenters. The van der Waals surface area contributed by atoms with Crippen molar-refractivity contribution in [3.8, 4) is 5.75 Å². The molecule has 1 aromatic heterocycles. The molecular weight excluding hydrogens is 354 g/mol. The highest BCUT2D eigenvalue weighted by molar-refractivity contribution is 5.95. The molecule has 2 aliphatic heterocycles. The van der Waals surface area contributed by atoms with E-state index in [4.69, 9.17) is 0 Å². The van der Waals surface area contributed by atoms with Crippen LogP contribution in [0.25, 0.3) is 0 Å². The van der Waals surface area contributed by atoms with Gasteiger partial charge in [0.1, 0.15) is 11.4 Å². The number of hydrogen-bond donors (Lipinski definition) is 1. The molecule has 0 bridgehead atoms. The Morgan fingerprint density at radius 3 is 2.70 bits per heavy atom. The summed E-state index contributed by atoms with van der Waals surface area (Å²) in [4.78, 5) is 15.0. The van der Waals surface area contributed by atoms with Gasteiger partial charge in [-0.05, 0) is 31.5 Å². The van der Waals surface area contributed by atoms with Crippen LogP contribution in [0, 0.1) is 0 Å². The summed E-state index contributed by atoms with van der Waals surface area (Å²) in [6.45, 7) is 3.07. The van der Waals surface area contributed by atoms with Crippen LogP contribution >= 0.6 is 0 Å². The lowest BCUT2D eigenvalue weighted by Crippen LogP contribution is -2.42. The maximum absolute atomic E-state index is 13.2. The number of amides is 1. The van der Waals surface area contributed by atoms with Crippen molar-refractivity contribution in [3.63, 3.8) is 0 Å². The summed E-state index contributed by atoms with van der Waals surface area (Å²) in [7, 11) is 0. The number of carbonyl (C=O) groups is 1.